The van der Waals surface area contributed by atoms with Gasteiger partial charge in [0.2, 0.25) is 5.91 Å². The molecule has 1 aliphatic carbocycles. The molecule has 4 rings (SSSR count). The molecule has 2 heterocycles. The summed E-state index contributed by atoms with van der Waals surface area (Å²) >= 11 is 0. The maximum atomic E-state index is 13.1. The van der Waals surface area contributed by atoms with Gasteiger partial charge in [0, 0.05) is 11.6 Å². The first kappa shape index (κ1) is 20.7. The molecule has 1 N–H and O–H groups in total. The molecule has 0 saturated heterocycles. The molecule has 31 heavy (non-hydrogen) atoms. The van der Waals surface area contributed by atoms with E-state index < -0.39 is 23.7 Å². The number of hydrogen-bond donors (Lipinski definition) is 1. The van der Waals surface area contributed by atoms with E-state index in [4.69, 9.17) is 0 Å². The summed E-state index contributed by atoms with van der Waals surface area (Å²) in [6.45, 7) is 1.60. The van der Waals surface area contributed by atoms with Gasteiger partial charge in [0.25, 0.3) is 0 Å². The second-order valence-electron chi connectivity index (χ2n) is 7.56. The molecule has 7 nitrogen and oxygen atoms in total. The van der Waals surface area contributed by atoms with Crippen molar-refractivity contribution in [3.8, 4) is 11.8 Å². The van der Waals surface area contributed by atoms with Crippen molar-refractivity contribution in [2.45, 2.75) is 38.4 Å². The molecule has 1 amide bonds. The predicted molar refractivity (Wildman–Crippen MR) is 105 cm³/mol. The van der Waals surface area contributed by atoms with Crippen LogP contribution in [0, 0.1) is 17.2 Å². The Morgan fingerprint density at radius 3 is 2.65 bits per heavy atom. The molecule has 1 fully saturated rings. The Balaban J connectivity index is 1.55. The van der Waals surface area contributed by atoms with E-state index in [-0.39, 0.29) is 23.8 Å². The highest BCUT2D eigenvalue weighted by Crippen LogP contribution is 2.42. The summed E-state index contributed by atoms with van der Waals surface area (Å²) in [4.78, 5) is 12.8. The Hall–Kier alpha value is -3.61. The van der Waals surface area contributed by atoms with Crippen molar-refractivity contribution >= 4 is 11.7 Å². The van der Waals surface area contributed by atoms with Gasteiger partial charge in [0.05, 0.1) is 24.3 Å². The summed E-state index contributed by atoms with van der Waals surface area (Å²) in [7, 11) is 0. The third-order valence-corrected chi connectivity index (χ3v) is 5.12. The number of nitrogens with zero attached hydrogens (tertiary/aromatic N) is 5. The average molecular weight is 428 g/mol. The third-order valence-electron chi connectivity index (χ3n) is 5.12. The number of amides is 1. The maximum Gasteiger partial charge on any atom is 0.435 e. The molecule has 3 aromatic rings. The van der Waals surface area contributed by atoms with Crippen LogP contribution >= 0.6 is 0 Å². The van der Waals surface area contributed by atoms with Gasteiger partial charge in [-0.25, -0.2) is 4.68 Å². The molecule has 0 radical (unpaired) electrons. The second-order valence-corrected chi connectivity index (χ2v) is 7.56. The van der Waals surface area contributed by atoms with E-state index in [1.165, 1.54) is 15.6 Å². The van der Waals surface area contributed by atoms with Crippen molar-refractivity contribution in [2.24, 2.45) is 5.92 Å². The molecule has 10 heteroatoms. The summed E-state index contributed by atoms with van der Waals surface area (Å²) in [6, 6.07) is 12.0. The number of nitriles is 1. The lowest BCUT2D eigenvalue weighted by Gasteiger charge is -2.15. The van der Waals surface area contributed by atoms with Crippen LogP contribution in [0.5, 0.6) is 0 Å². The van der Waals surface area contributed by atoms with Crippen LogP contribution in [0.4, 0.5) is 19.0 Å². The van der Waals surface area contributed by atoms with Crippen LogP contribution in [0.25, 0.3) is 5.69 Å². The van der Waals surface area contributed by atoms with Crippen LogP contribution < -0.4 is 5.32 Å². The summed E-state index contributed by atoms with van der Waals surface area (Å²) in [6.07, 6.45) is -1.57. The lowest BCUT2D eigenvalue weighted by atomic mass is 10.1. The molecule has 1 unspecified atom stereocenters. The van der Waals surface area contributed by atoms with Gasteiger partial charge in [-0.1, -0.05) is 25.1 Å². The topological polar surface area (TPSA) is 88.5 Å². The van der Waals surface area contributed by atoms with E-state index in [9.17, 15) is 23.2 Å². The number of anilines is 1. The van der Waals surface area contributed by atoms with Gasteiger partial charge >= 0.3 is 6.18 Å². The number of carbonyl (C=O) groups excluding carboxylic acids is 1. The number of halogens is 3. The van der Waals surface area contributed by atoms with Crippen molar-refractivity contribution in [2.75, 3.05) is 5.32 Å². The van der Waals surface area contributed by atoms with E-state index in [2.05, 4.69) is 15.5 Å². The second kappa shape index (κ2) is 7.91. The first-order chi connectivity index (χ1) is 14.8. The zero-order chi connectivity index (χ0) is 22.2. The lowest BCUT2D eigenvalue weighted by Crippen LogP contribution is -2.27. The molecule has 1 atom stereocenters. The number of para-hydroxylation sites is 1. The van der Waals surface area contributed by atoms with Crippen molar-refractivity contribution < 1.29 is 18.0 Å². The molecular weight excluding hydrogens is 409 g/mol. The molecule has 1 aliphatic rings. The average Bonchev–Trinajstić information content (AvgIpc) is 3.36. The van der Waals surface area contributed by atoms with Gasteiger partial charge in [-0.2, -0.15) is 28.6 Å². The van der Waals surface area contributed by atoms with Crippen LogP contribution in [0.15, 0.2) is 42.6 Å². The van der Waals surface area contributed by atoms with Crippen molar-refractivity contribution in [1.82, 2.24) is 19.6 Å². The molecule has 0 aliphatic heterocycles. The minimum Gasteiger partial charge on any atom is -0.309 e. The number of benzene rings is 1. The minimum atomic E-state index is -4.54. The van der Waals surface area contributed by atoms with Crippen LogP contribution in [-0.2, 0) is 17.5 Å². The molecule has 160 valence electrons. The Morgan fingerprint density at radius 2 is 2.03 bits per heavy atom. The normalized spacial score (nSPS) is 14.8. The van der Waals surface area contributed by atoms with Gasteiger partial charge in [0.15, 0.2) is 11.5 Å². The predicted octanol–water partition coefficient (Wildman–Crippen LogP) is 4.11. The molecule has 1 saturated carbocycles. The third kappa shape index (κ3) is 4.30. The molecular formula is C21H19F3N6O. The fraction of sp³-hybridized carbons (Fsp3) is 0.333. The SMILES string of the molecule is CC(Cn1nc(C(F)(F)F)cc1C1CC1)C(=O)Nc1c(C#N)cnn1-c1ccccc1. The van der Waals surface area contributed by atoms with Crippen molar-refractivity contribution in [3.05, 3.63) is 59.5 Å². The Bertz CT molecular complexity index is 1140. The Morgan fingerprint density at radius 1 is 1.32 bits per heavy atom. The summed E-state index contributed by atoms with van der Waals surface area (Å²) in [5.74, 6) is -0.878. The molecule has 0 bridgehead atoms. The fourth-order valence-electron chi connectivity index (χ4n) is 3.32. The van der Waals surface area contributed by atoms with Crippen LogP contribution in [0.1, 0.15) is 42.6 Å². The highest BCUT2D eigenvalue weighted by atomic mass is 19.4. The van der Waals surface area contributed by atoms with E-state index in [1.54, 1.807) is 31.2 Å². The zero-order valence-corrected chi connectivity index (χ0v) is 16.6. The first-order valence-corrected chi connectivity index (χ1v) is 9.77. The Labute approximate surface area is 176 Å². The van der Waals surface area contributed by atoms with Crippen LogP contribution in [0.2, 0.25) is 0 Å². The molecule has 1 aromatic carbocycles. The monoisotopic (exact) mass is 428 g/mol. The van der Waals surface area contributed by atoms with Gasteiger partial charge in [-0.05, 0) is 31.0 Å². The number of carbonyl (C=O) groups is 1. The number of rotatable bonds is 6. The lowest BCUT2D eigenvalue weighted by molar-refractivity contribution is -0.141. The van der Waals surface area contributed by atoms with E-state index in [0.29, 0.717) is 11.4 Å². The maximum absolute atomic E-state index is 13.1. The minimum absolute atomic E-state index is 0.00485. The number of alkyl halides is 3. The highest BCUT2D eigenvalue weighted by Gasteiger charge is 2.38. The highest BCUT2D eigenvalue weighted by molar-refractivity contribution is 5.93. The van der Waals surface area contributed by atoms with E-state index >= 15 is 0 Å². The number of hydrogen-bond acceptors (Lipinski definition) is 4. The van der Waals surface area contributed by atoms with E-state index in [0.717, 1.165) is 18.9 Å². The number of nitrogens with one attached hydrogen (secondary N) is 1. The standard InChI is InChI=1S/C21H19F3N6O/c1-13(12-29-17(14-7-8-14)9-18(28-29)21(22,23)24)20(31)27-19-15(10-25)11-26-30(19)16-5-3-2-4-6-16/h2-6,9,11,13-14H,7-8,12H2,1H3,(H,27,31). The smallest absolute Gasteiger partial charge is 0.309 e. The largest absolute Gasteiger partial charge is 0.435 e. The summed E-state index contributed by atoms with van der Waals surface area (Å²) in [5.41, 5.74) is 0.390. The fourth-order valence-corrected chi connectivity index (χ4v) is 3.32. The Kier molecular flexibility index (Phi) is 5.27. The van der Waals surface area contributed by atoms with Gasteiger partial charge in [-0.3, -0.25) is 9.48 Å². The van der Waals surface area contributed by atoms with Gasteiger partial charge < -0.3 is 5.32 Å². The number of aromatic nitrogens is 4. The molecule has 0 spiro atoms. The summed E-state index contributed by atoms with van der Waals surface area (Å²) in [5, 5.41) is 19.9. The van der Waals surface area contributed by atoms with Gasteiger partial charge in [-0.15, -0.1) is 0 Å². The van der Waals surface area contributed by atoms with Gasteiger partial charge in [0.1, 0.15) is 11.6 Å². The van der Waals surface area contributed by atoms with Crippen molar-refractivity contribution in [3.63, 3.8) is 0 Å². The van der Waals surface area contributed by atoms with E-state index in [1.807, 2.05) is 12.1 Å². The quantitative estimate of drug-likeness (QED) is 0.640. The summed E-state index contributed by atoms with van der Waals surface area (Å²) < 4.78 is 42.0. The van der Waals surface area contributed by atoms with Crippen LogP contribution in [0.3, 0.4) is 0 Å². The first-order valence-electron chi connectivity index (χ1n) is 9.77. The van der Waals surface area contributed by atoms with Crippen molar-refractivity contribution in [1.29, 1.82) is 5.26 Å². The van der Waals surface area contributed by atoms with Crippen LogP contribution in [-0.4, -0.2) is 25.5 Å². The zero-order valence-electron chi connectivity index (χ0n) is 16.6. The molecule has 2 aromatic heterocycles.